The predicted octanol–water partition coefficient (Wildman–Crippen LogP) is 2.83. The van der Waals surface area contributed by atoms with Crippen LogP contribution in [0, 0.1) is 11.3 Å². The van der Waals surface area contributed by atoms with Gasteiger partial charge in [-0.05, 0) is 43.0 Å². The quantitative estimate of drug-likeness (QED) is 0.904. The van der Waals surface area contributed by atoms with Crippen molar-refractivity contribution in [3.8, 4) is 17.3 Å². The topological polar surface area (TPSA) is 100 Å². The van der Waals surface area contributed by atoms with Crippen molar-refractivity contribution in [3.63, 3.8) is 0 Å². The van der Waals surface area contributed by atoms with Gasteiger partial charge in [0.05, 0.1) is 11.3 Å². The first-order valence-electron chi connectivity index (χ1n) is 9.04. The van der Waals surface area contributed by atoms with Crippen molar-refractivity contribution in [2.24, 2.45) is 5.73 Å². The summed E-state index contributed by atoms with van der Waals surface area (Å²) in [5.41, 5.74) is 8.50. The van der Waals surface area contributed by atoms with E-state index in [9.17, 15) is 14.9 Å². The van der Waals surface area contributed by atoms with E-state index >= 15 is 0 Å². The van der Waals surface area contributed by atoms with Crippen molar-refractivity contribution in [2.45, 2.75) is 38.6 Å². The molecule has 0 aliphatic carbocycles. The number of rotatable bonds is 4. The second-order valence-electron chi connectivity index (χ2n) is 7.04. The van der Waals surface area contributed by atoms with Crippen LogP contribution in [0.2, 0.25) is 0 Å². The molecule has 2 heterocycles. The number of likely N-dealkylation sites (tertiary alicyclic amines) is 1. The van der Waals surface area contributed by atoms with Crippen molar-refractivity contribution in [1.29, 1.82) is 5.26 Å². The number of nitrogens with zero attached hydrogens (tertiary/aromatic N) is 3. The van der Waals surface area contributed by atoms with E-state index in [1.54, 1.807) is 24.3 Å². The minimum atomic E-state index is -0.557. The Kier molecular flexibility index (Phi) is 5.22. The second-order valence-corrected chi connectivity index (χ2v) is 7.04. The molecule has 138 valence electrons. The number of hydrogen-bond acceptors (Lipinski definition) is 4. The van der Waals surface area contributed by atoms with E-state index in [-0.39, 0.29) is 11.8 Å². The fraction of sp³-hybridized carbons (Fsp3) is 0.333. The standard InChI is InChI=1S/C21H22N4O2/c1-13(2)17-9-8-16(12-22)19(24-17)14-5-3-6-15(11-14)21(27)25-10-4-7-18(25)20(23)26/h3,5-6,8-9,11,13,18H,4,7,10H2,1-2H3,(H2,23,26). The maximum Gasteiger partial charge on any atom is 0.254 e. The molecule has 27 heavy (non-hydrogen) atoms. The van der Waals surface area contributed by atoms with Gasteiger partial charge in [0, 0.05) is 23.4 Å². The molecule has 6 heteroatoms. The smallest absolute Gasteiger partial charge is 0.254 e. The number of carbonyl (C=O) groups is 2. The molecular weight excluding hydrogens is 340 g/mol. The van der Waals surface area contributed by atoms with Crippen LogP contribution in [0.3, 0.4) is 0 Å². The Hall–Kier alpha value is -3.20. The lowest BCUT2D eigenvalue weighted by Gasteiger charge is -2.22. The lowest BCUT2D eigenvalue weighted by Crippen LogP contribution is -2.43. The van der Waals surface area contributed by atoms with Crippen molar-refractivity contribution in [1.82, 2.24) is 9.88 Å². The Morgan fingerprint density at radius 1 is 1.30 bits per heavy atom. The highest BCUT2D eigenvalue weighted by atomic mass is 16.2. The number of benzene rings is 1. The van der Waals surface area contributed by atoms with Crippen molar-refractivity contribution in [2.75, 3.05) is 6.54 Å². The summed E-state index contributed by atoms with van der Waals surface area (Å²) in [7, 11) is 0. The highest BCUT2D eigenvalue weighted by molar-refractivity contribution is 5.98. The van der Waals surface area contributed by atoms with Gasteiger partial charge in [-0.3, -0.25) is 14.6 Å². The third-order valence-electron chi connectivity index (χ3n) is 4.85. The minimum Gasteiger partial charge on any atom is -0.368 e. The molecule has 6 nitrogen and oxygen atoms in total. The maximum absolute atomic E-state index is 12.9. The third kappa shape index (κ3) is 3.68. The maximum atomic E-state index is 12.9. The van der Waals surface area contributed by atoms with E-state index in [0.717, 1.165) is 12.1 Å². The Bertz CT molecular complexity index is 930. The molecule has 2 N–H and O–H groups in total. The Labute approximate surface area is 158 Å². The van der Waals surface area contributed by atoms with E-state index in [2.05, 4.69) is 11.1 Å². The summed E-state index contributed by atoms with van der Waals surface area (Å²) < 4.78 is 0. The fourth-order valence-corrected chi connectivity index (χ4v) is 3.38. The van der Waals surface area contributed by atoms with Gasteiger partial charge in [0.2, 0.25) is 5.91 Å². The summed E-state index contributed by atoms with van der Waals surface area (Å²) in [5.74, 6) is -0.478. The summed E-state index contributed by atoms with van der Waals surface area (Å²) in [6.45, 7) is 4.59. The molecule has 2 amide bonds. The third-order valence-corrected chi connectivity index (χ3v) is 4.85. The predicted molar refractivity (Wildman–Crippen MR) is 102 cm³/mol. The molecule has 0 spiro atoms. The number of nitriles is 1. The van der Waals surface area contributed by atoms with Gasteiger partial charge in [-0.2, -0.15) is 5.26 Å². The van der Waals surface area contributed by atoms with Gasteiger partial charge in [0.25, 0.3) is 5.91 Å². The van der Waals surface area contributed by atoms with Gasteiger partial charge in [-0.15, -0.1) is 0 Å². The van der Waals surface area contributed by atoms with Crippen LogP contribution in [-0.2, 0) is 4.79 Å². The second kappa shape index (κ2) is 7.58. The molecule has 0 bridgehead atoms. The molecule has 1 unspecified atom stereocenters. The van der Waals surface area contributed by atoms with Gasteiger partial charge in [-0.25, -0.2) is 0 Å². The van der Waals surface area contributed by atoms with Gasteiger partial charge in [0.1, 0.15) is 12.1 Å². The number of hydrogen-bond donors (Lipinski definition) is 1. The monoisotopic (exact) mass is 362 g/mol. The molecule has 1 aliphatic rings. The van der Waals surface area contributed by atoms with Crippen molar-refractivity contribution < 1.29 is 9.59 Å². The minimum absolute atomic E-state index is 0.224. The first kappa shape index (κ1) is 18.6. The van der Waals surface area contributed by atoms with Crippen LogP contribution in [0.15, 0.2) is 36.4 Å². The van der Waals surface area contributed by atoms with Crippen molar-refractivity contribution in [3.05, 3.63) is 53.2 Å². The van der Waals surface area contributed by atoms with Gasteiger partial charge in [-0.1, -0.05) is 26.0 Å². The van der Waals surface area contributed by atoms with Crippen LogP contribution in [0.5, 0.6) is 0 Å². The Balaban J connectivity index is 1.99. The molecule has 1 aliphatic heterocycles. The molecule has 0 saturated carbocycles. The number of pyridine rings is 1. The summed E-state index contributed by atoms with van der Waals surface area (Å²) >= 11 is 0. The summed E-state index contributed by atoms with van der Waals surface area (Å²) in [5, 5.41) is 9.44. The normalized spacial score (nSPS) is 16.4. The number of primary amides is 1. The number of nitrogens with two attached hydrogens (primary N) is 1. The molecule has 1 fully saturated rings. The van der Waals surface area contributed by atoms with Gasteiger partial charge >= 0.3 is 0 Å². The summed E-state index contributed by atoms with van der Waals surface area (Å²) in [4.78, 5) is 30.7. The fourth-order valence-electron chi connectivity index (χ4n) is 3.38. The van der Waals surface area contributed by atoms with E-state index in [1.807, 2.05) is 26.0 Å². The highest BCUT2D eigenvalue weighted by Crippen LogP contribution is 2.26. The van der Waals surface area contributed by atoms with Crippen LogP contribution in [0.25, 0.3) is 11.3 Å². The molecule has 1 aromatic carbocycles. The first-order valence-corrected chi connectivity index (χ1v) is 9.04. The SMILES string of the molecule is CC(C)c1ccc(C#N)c(-c2cccc(C(=O)N3CCCC3C(N)=O)c2)n1. The van der Waals surface area contributed by atoms with E-state index in [4.69, 9.17) is 5.73 Å². The first-order chi connectivity index (χ1) is 12.9. The summed E-state index contributed by atoms with van der Waals surface area (Å²) in [6, 6.07) is 12.3. The molecule has 1 saturated heterocycles. The van der Waals surface area contributed by atoms with Crippen LogP contribution < -0.4 is 5.73 Å². The molecule has 3 rings (SSSR count). The average Bonchev–Trinajstić information content (AvgIpc) is 3.17. The average molecular weight is 362 g/mol. The molecule has 0 radical (unpaired) electrons. The molecule has 1 atom stereocenters. The van der Waals surface area contributed by atoms with Crippen LogP contribution in [0.1, 0.15) is 54.2 Å². The lowest BCUT2D eigenvalue weighted by atomic mass is 10.0. The van der Waals surface area contributed by atoms with Gasteiger partial charge in [0.15, 0.2) is 0 Å². The zero-order valence-corrected chi connectivity index (χ0v) is 15.5. The molecular formula is C21H22N4O2. The number of amides is 2. The van der Waals surface area contributed by atoms with Crippen LogP contribution in [0.4, 0.5) is 0 Å². The molecule has 1 aromatic heterocycles. The summed E-state index contributed by atoms with van der Waals surface area (Å²) in [6.07, 6.45) is 1.35. The Morgan fingerprint density at radius 3 is 2.74 bits per heavy atom. The highest BCUT2D eigenvalue weighted by Gasteiger charge is 2.33. The van der Waals surface area contributed by atoms with Gasteiger partial charge < -0.3 is 10.6 Å². The van der Waals surface area contributed by atoms with Crippen LogP contribution >= 0.6 is 0 Å². The number of aromatic nitrogens is 1. The van der Waals surface area contributed by atoms with E-state index < -0.39 is 11.9 Å². The van der Waals surface area contributed by atoms with E-state index in [0.29, 0.717) is 35.3 Å². The van der Waals surface area contributed by atoms with Crippen LogP contribution in [-0.4, -0.2) is 34.3 Å². The van der Waals surface area contributed by atoms with E-state index in [1.165, 1.54) is 4.90 Å². The zero-order chi connectivity index (χ0) is 19.6. The molecule has 2 aromatic rings. The Morgan fingerprint density at radius 2 is 2.07 bits per heavy atom. The van der Waals surface area contributed by atoms with Crippen molar-refractivity contribution >= 4 is 11.8 Å². The zero-order valence-electron chi connectivity index (χ0n) is 15.5. The largest absolute Gasteiger partial charge is 0.368 e. The number of carbonyl (C=O) groups excluding carboxylic acids is 2. The lowest BCUT2D eigenvalue weighted by molar-refractivity contribution is -0.121.